The van der Waals surface area contributed by atoms with Crippen molar-refractivity contribution in [3.8, 4) is 0 Å². The van der Waals surface area contributed by atoms with E-state index in [1.54, 1.807) is 0 Å². The Hall–Kier alpha value is -0.940. The lowest BCUT2D eigenvalue weighted by Gasteiger charge is -2.20. The molecule has 17 heavy (non-hydrogen) atoms. The topological polar surface area (TPSA) is 74.2 Å². The zero-order chi connectivity index (χ0) is 12.1. The molecule has 0 amide bonds. The van der Waals surface area contributed by atoms with Crippen molar-refractivity contribution >= 4 is 0 Å². The van der Waals surface area contributed by atoms with Gasteiger partial charge in [-0.05, 0) is 31.7 Å². The fourth-order valence-corrected chi connectivity index (χ4v) is 2.01. The van der Waals surface area contributed by atoms with Crippen molar-refractivity contribution in [2.75, 3.05) is 13.2 Å². The van der Waals surface area contributed by atoms with Crippen LogP contribution in [0.1, 0.15) is 37.9 Å². The Balaban J connectivity index is 1.84. The second-order valence-corrected chi connectivity index (χ2v) is 4.84. The molecule has 0 aliphatic carbocycles. The lowest BCUT2D eigenvalue weighted by atomic mass is 10.1. The molecule has 5 heteroatoms. The molecule has 1 aromatic heterocycles. The number of rotatable bonds is 5. The van der Waals surface area contributed by atoms with Crippen LogP contribution in [0.15, 0.2) is 4.52 Å². The van der Waals surface area contributed by atoms with E-state index in [4.69, 9.17) is 15.0 Å². The van der Waals surface area contributed by atoms with Gasteiger partial charge in [0, 0.05) is 19.4 Å². The average molecular weight is 239 g/mol. The van der Waals surface area contributed by atoms with Crippen molar-refractivity contribution in [1.82, 2.24) is 10.1 Å². The van der Waals surface area contributed by atoms with E-state index in [1.807, 2.05) is 0 Å². The van der Waals surface area contributed by atoms with E-state index in [0.29, 0.717) is 18.4 Å². The highest BCUT2D eigenvalue weighted by Crippen LogP contribution is 2.16. The van der Waals surface area contributed by atoms with Crippen molar-refractivity contribution in [3.63, 3.8) is 0 Å². The second-order valence-electron chi connectivity index (χ2n) is 4.84. The molecule has 2 rings (SSSR count). The molecule has 1 aliphatic heterocycles. The summed E-state index contributed by atoms with van der Waals surface area (Å²) in [5.41, 5.74) is 5.57. The largest absolute Gasteiger partial charge is 0.378 e. The molecule has 2 heterocycles. The molecule has 0 bridgehead atoms. The number of hydrogen-bond donors (Lipinski definition) is 1. The van der Waals surface area contributed by atoms with E-state index in [1.165, 1.54) is 12.8 Å². The molecule has 2 atom stereocenters. The summed E-state index contributed by atoms with van der Waals surface area (Å²) in [7, 11) is 0. The van der Waals surface area contributed by atoms with Crippen LogP contribution in [-0.4, -0.2) is 29.4 Å². The Labute approximate surface area is 102 Å². The molecule has 2 N–H and O–H groups in total. The Morgan fingerprint density at radius 2 is 2.35 bits per heavy atom. The summed E-state index contributed by atoms with van der Waals surface area (Å²) in [5, 5.41) is 3.99. The highest BCUT2D eigenvalue weighted by molar-refractivity contribution is 4.90. The molecule has 0 aromatic carbocycles. The van der Waals surface area contributed by atoms with Crippen molar-refractivity contribution in [3.05, 3.63) is 11.7 Å². The van der Waals surface area contributed by atoms with Crippen LogP contribution >= 0.6 is 0 Å². The summed E-state index contributed by atoms with van der Waals surface area (Å²) in [6.07, 6.45) is 5.29. The van der Waals surface area contributed by atoms with E-state index in [9.17, 15) is 0 Å². The van der Waals surface area contributed by atoms with Crippen LogP contribution < -0.4 is 5.73 Å². The van der Waals surface area contributed by atoms with Gasteiger partial charge in [0.05, 0.1) is 6.10 Å². The maximum absolute atomic E-state index is 5.65. The minimum Gasteiger partial charge on any atom is -0.378 e. The second kappa shape index (κ2) is 6.12. The van der Waals surface area contributed by atoms with Gasteiger partial charge in [0.25, 0.3) is 0 Å². The molecule has 1 saturated heterocycles. The normalized spacial score (nSPS) is 22.6. The van der Waals surface area contributed by atoms with E-state index < -0.39 is 0 Å². The van der Waals surface area contributed by atoms with Crippen LogP contribution in [0.4, 0.5) is 0 Å². The minimum absolute atomic E-state index is 0.265. The van der Waals surface area contributed by atoms with Gasteiger partial charge in [-0.25, -0.2) is 0 Å². The summed E-state index contributed by atoms with van der Waals surface area (Å²) in [6, 6.07) is 0. The first-order valence-electron chi connectivity index (χ1n) is 6.41. The van der Waals surface area contributed by atoms with E-state index >= 15 is 0 Å². The summed E-state index contributed by atoms with van der Waals surface area (Å²) >= 11 is 0. The number of aromatic nitrogens is 2. The fourth-order valence-electron chi connectivity index (χ4n) is 2.01. The molecular weight excluding hydrogens is 218 g/mol. The smallest absolute Gasteiger partial charge is 0.226 e. The Morgan fingerprint density at radius 1 is 1.47 bits per heavy atom. The van der Waals surface area contributed by atoms with Crippen LogP contribution in [-0.2, 0) is 17.6 Å². The van der Waals surface area contributed by atoms with Crippen LogP contribution in [0.25, 0.3) is 0 Å². The third-order valence-corrected chi connectivity index (χ3v) is 3.12. The van der Waals surface area contributed by atoms with E-state index in [-0.39, 0.29) is 6.10 Å². The molecular formula is C12H21N3O2. The summed E-state index contributed by atoms with van der Waals surface area (Å²) in [6.45, 7) is 3.58. The molecule has 1 aromatic rings. The molecule has 0 spiro atoms. The van der Waals surface area contributed by atoms with Crippen molar-refractivity contribution in [2.24, 2.45) is 11.7 Å². The van der Waals surface area contributed by atoms with Gasteiger partial charge in [-0.3, -0.25) is 0 Å². The van der Waals surface area contributed by atoms with Crippen molar-refractivity contribution < 1.29 is 9.26 Å². The van der Waals surface area contributed by atoms with Gasteiger partial charge in [-0.2, -0.15) is 4.98 Å². The fraction of sp³-hybridized carbons (Fsp3) is 0.833. The third-order valence-electron chi connectivity index (χ3n) is 3.12. The SMILES string of the molecule is CC(CN)Cc1nc(CC2CCCCO2)no1. The first-order valence-corrected chi connectivity index (χ1v) is 6.41. The molecule has 1 fully saturated rings. The van der Waals surface area contributed by atoms with Gasteiger partial charge in [0.1, 0.15) is 0 Å². The standard InChI is InChI=1S/C12H21N3O2/c1-9(8-13)6-12-14-11(15-17-12)7-10-4-2-3-5-16-10/h9-10H,2-8,13H2,1H3. The maximum Gasteiger partial charge on any atom is 0.226 e. The molecule has 2 unspecified atom stereocenters. The molecule has 0 radical (unpaired) electrons. The van der Waals surface area contributed by atoms with E-state index in [0.717, 1.165) is 31.7 Å². The predicted molar refractivity (Wildman–Crippen MR) is 63.5 cm³/mol. The monoisotopic (exact) mass is 239 g/mol. The van der Waals surface area contributed by atoms with Crippen LogP contribution in [0.2, 0.25) is 0 Å². The lowest BCUT2D eigenvalue weighted by molar-refractivity contribution is 0.0153. The van der Waals surface area contributed by atoms with Gasteiger partial charge in [-0.15, -0.1) is 0 Å². The van der Waals surface area contributed by atoms with Gasteiger partial charge in [0.15, 0.2) is 5.82 Å². The molecule has 0 saturated carbocycles. The van der Waals surface area contributed by atoms with Gasteiger partial charge < -0.3 is 15.0 Å². The number of nitrogens with two attached hydrogens (primary N) is 1. The van der Waals surface area contributed by atoms with Gasteiger partial charge >= 0.3 is 0 Å². The Kier molecular flexibility index (Phi) is 4.50. The van der Waals surface area contributed by atoms with Crippen LogP contribution in [0.3, 0.4) is 0 Å². The van der Waals surface area contributed by atoms with Crippen molar-refractivity contribution in [1.29, 1.82) is 0 Å². The minimum atomic E-state index is 0.265. The number of hydrogen-bond acceptors (Lipinski definition) is 5. The zero-order valence-electron chi connectivity index (χ0n) is 10.4. The third kappa shape index (κ3) is 3.78. The Morgan fingerprint density at radius 3 is 3.06 bits per heavy atom. The van der Waals surface area contributed by atoms with Crippen LogP contribution in [0.5, 0.6) is 0 Å². The molecule has 1 aliphatic rings. The van der Waals surface area contributed by atoms with Crippen molar-refractivity contribution in [2.45, 2.75) is 45.1 Å². The highest BCUT2D eigenvalue weighted by atomic mass is 16.5. The lowest BCUT2D eigenvalue weighted by Crippen LogP contribution is -2.21. The molecule has 5 nitrogen and oxygen atoms in total. The number of nitrogens with zero attached hydrogens (tertiary/aromatic N) is 2. The summed E-state index contributed by atoms with van der Waals surface area (Å²) < 4.78 is 10.9. The quantitative estimate of drug-likeness (QED) is 0.838. The molecule has 96 valence electrons. The first kappa shape index (κ1) is 12.5. The maximum atomic E-state index is 5.65. The summed E-state index contributed by atoms with van der Waals surface area (Å²) in [4.78, 5) is 4.38. The average Bonchev–Trinajstić information content (AvgIpc) is 2.77. The predicted octanol–water partition coefficient (Wildman–Crippen LogP) is 1.32. The van der Waals surface area contributed by atoms with Gasteiger partial charge in [0.2, 0.25) is 5.89 Å². The van der Waals surface area contributed by atoms with Gasteiger partial charge in [-0.1, -0.05) is 12.1 Å². The highest BCUT2D eigenvalue weighted by Gasteiger charge is 2.18. The summed E-state index contributed by atoms with van der Waals surface area (Å²) in [5.74, 6) is 1.83. The first-order chi connectivity index (χ1) is 8.28. The van der Waals surface area contributed by atoms with E-state index in [2.05, 4.69) is 17.1 Å². The Bertz CT molecular complexity index is 334. The number of ether oxygens (including phenoxy) is 1. The van der Waals surface area contributed by atoms with Crippen LogP contribution in [0, 0.1) is 5.92 Å². The zero-order valence-corrected chi connectivity index (χ0v) is 10.4.